The zero-order valence-electron chi connectivity index (χ0n) is 13.7. The number of carbonyl (C=O) groups is 1. The standard InChI is InChI=1S/C18H24N2O2.ClH/c1-13(17-11-15-5-3-4-6-16(15)22-17)18(21)20-9-7-14(8-10-20)12-19-2;/h3-6,11,13-14,19H,7-10,12H2,1-2H3;1H. The highest BCUT2D eigenvalue weighted by Gasteiger charge is 2.28. The van der Waals surface area contributed by atoms with Gasteiger partial charge in [0, 0.05) is 18.5 Å². The minimum Gasteiger partial charge on any atom is -0.460 e. The first kappa shape index (κ1) is 17.8. The molecule has 0 saturated carbocycles. The monoisotopic (exact) mass is 336 g/mol. The average Bonchev–Trinajstić information content (AvgIpc) is 2.98. The molecule has 0 aliphatic carbocycles. The van der Waals surface area contributed by atoms with Gasteiger partial charge in [-0.2, -0.15) is 0 Å². The molecule has 126 valence electrons. The Hall–Kier alpha value is -1.52. The topological polar surface area (TPSA) is 45.5 Å². The third kappa shape index (κ3) is 3.88. The highest BCUT2D eigenvalue weighted by molar-refractivity contribution is 5.86. The number of piperidine rings is 1. The molecule has 1 saturated heterocycles. The van der Waals surface area contributed by atoms with E-state index in [1.165, 1.54) is 0 Å². The van der Waals surface area contributed by atoms with E-state index in [0.717, 1.165) is 49.2 Å². The Morgan fingerprint density at radius 1 is 1.35 bits per heavy atom. The van der Waals surface area contributed by atoms with Crippen LogP contribution in [0.1, 0.15) is 31.4 Å². The Balaban J connectivity index is 0.00000192. The number of para-hydroxylation sites is 1. The molecule has 1 aliphatic heterocycles. The second kappa shape index (κ2) is 7.84. The minimum atomic E-state index is -0.215. The third-order valence-corrected chi connectivity index (χ3v) is 4.66. The number of nitrogens with one attached hydrogen (secondary N) is 1. The summed E-state index contributed by atoms with van der Waals surface area (Å²) in [7, 11) is 1.99. The molecule has 1 N–H and O–H groups in total. The number of halogens is 1. The lowest BCUT2D eigenvalue weighted by molar-refractivity contribution is -0.134. The van der Waals surface area contributed by atoms with Crippen LogP contribution >= 0.6 is 12.4 Å². The maximum atomic E-state index is 12.7. The molecule has 1 amide bonds. The molecular weight excluding hydrogens is 312 g/mol. The van der Waals surface area contributed by atoms with E-state index in [0.29, 0.717) is 5.92 Å². The summed E-state index contributed by atoms with van der Waals surface area (Å²) in [6, 6.07) is 9.89. The summed E-state index contributed by atoms with van der Waals surface area (Å²) in [5.74, 6) is 1.43. The maximum absolute atomic E-state index is 12.7. The van der Waals surface area contributed by atoms with Gasteiger partial charge in [0.25, 0.3) is 0 Å². The predicted octanol–water partition coefficient (Wildman–Crippen LogP) is 3.42. The van der Waals surface area contributed by atoms with Crippen molar-refractivity contribution < 1.29 is 9.21 Å². The summed E-state index contributed by atoms with van der Waals surface area (Å²) in [6.45, 7) is 4.70. The van der Waals surface area contributed by atoms with Crippen molar-refractivity contribution in [2.75, 3.05) is 26.7 Å². The summed E-state index contributed by atoms with van der Waals surface area (Å²) in [5, 5.41) is 4.29. The molecule has 1 unspecified atom stereocenters. The van der Waals surface area contributed by atoms with Gasteiger partial charge >= 0.3 is 0 Å². The Morgan fingerprint density at radius 2 is 2.04 bits per heavy atom. The van der Waals surface area contributed by atoms with Gasteiger partial charge in [0.05, 0.1) is 5.92 Å². The SMILES string of the molecule is CNCC1CCN(C(=O)C(C)c2cc3ccccc3o2)CC1.Cl. The number of amides is 1. The molecule has 1 aromatic heterocycles. The second-order valence-corrected chi connectivity index (χ2v) is 6.23. The van der Waals surface area contributed by atoms with E-state index in [9.17, 15) is 4.79 Å². The van der Waals surface area contributed by atoms with Gasteiger partial charge in [-0.3, -0.25) is 4.79 Å². The van der Waals surface area contributed by atoms with Gasteiger partial charge in [0.2, 0.25) is 5.91 Å². The van der Waals surface area contributed by atoms with Crippen LogP contribution in [-0.4, -0.2) is 37.5 Å². The van der Waals surface area contributed by atoms with Crippen molar-refractivity contribution in [3.8, 4) is 0 Å². The molecule has 2 aromatic rings. The smallest absolute Gasteiger partial charge is 0.233 e. The van der Waals surface area contributed by atoms with E-state index in [4.69, 9.17) is 4.42 Å². The van der Waals surface area contributed by atoms with Crippen molar-refractivity contribution in [2.24, 2.45) is 5.92 Å². The van der Waals surface area contributed by atoms with Crippen LogP contribution in [0.4, 0.5) is 0 Å². The summed E-state index contributed by atoms with van der Waals surface area (Å²) < 4.78 is 5.84. The van der Waals surface area contributed by atoms with Crippen LogP contribution in [0.2, 0.25) is 0 Å². The molecule has 1 fully saturated rings. The van der Waals surface area contributed by atoms with Crippen LogP contribution in [0, 0.1) is 5.92 Å². The van der Waals surface area contributed by atoms with Crippen LogP contribution in [0.3, 0.4) is 0 Å². The summed E-state index contributed by atoms with van der Waals surface area (Å²) >= 11 is 0. The van der Waals surface area contributed by atoms with Crippen molar-refractivity contribution in [1.29, 1.82) is 0 Å². The first-order valence-corrected chi connectivity index (χ1v) is 8.11. The van der Waals surface area contributed by atoms with Crippen molar-refractivity contribution in [3.05, 3.63) is 36.1 Å². The van der Waals surface area contributed by atoms with Crippen molar-refractivity contribution >= 4 is 29.3 Å². The number of hydrogen-bond acceptors (Lipinski definition) is 3. The molecule has 5 heteroatoms. The van der Waals surface area contributed by atoms with Gasteiger partial charge in [-0.15, -0.1) is 12.4 Å². The van der Waals surface area contributed by atoms with Gasteiger partial charge in [-0.25, -0.2) is 0 Å². The van der Waals surface area contributed by atoms with E-state index < -0.39 is 0 Å². The van der Waals surface area contributed by atoms with Gasteiger partial charge < -0.3 is 14.6 Å². The lowest BCUT2D eigenvalue weighted by Gasteiger charge is -2.33. The predicted molar refractivity (Wildman–Crippen MR) is 95.1 cm³/mol. The molecule has 1 aliphatic rings. The molecule has 3 rings (SSSR count). The molecule has 1 atom stereocenters. The number of fused-ring (bicyclic) bond motifs is 1. The molecule has 4 nitrogen and oxygen atoms in total. The number of furan rings is 1. The fraction of sp³-hybridized carbons (Fsp3) is 0.500. The normalized spacial score (nSPS) is 17.0. The van der Waals surface area contributed by atoms with Crippen LogP contribution in [0.25, 0.3) is 11.0 Å². The maximum Gasteiger partial charge on any atom is 0.233 e. The Kier molecular flexibility index (Phi) is 6.08. The number of nitrogens with zero attached hydrogens (tertiary/aromatic N) is 1. The van der Waals surface area contributed by atoms with Gasteiger partial charge in [-0.05, 0) is 51.4 Å². The van der Waals surface area contributed by atoms with Crippen LogP contribution in [0.15, 0.2) is 34.7 Å². The van der Waals surface area contributed by atoms with Crippen molar-refractivity contribution in [1.82, 2.24) is 10.2 Å². The zero-order valence-corrected chi connectivity index (χ0v) is 14.6. The third-order valence-electron chi connectivity index (χ3n) is 4.66. The zero-order chi connectivity index (χ0) is 15.5. The number of rotatable bonds is 4. The Labute approximate surface area is 143 Å². The second-order valence-electron chi connectivity index (χ2n) is 6.23. The van der Waals surface area contributed by atoms with E-state index in [1.54, 1.807) is 0 Å². The molecular formula is C18H25ClN2O2. The van der Waals surface area contributed by atoms with Crippen LogP contribution in [-0.2, 0) is 4.79 Å². The van der Waals surface area contributed by atoms with E-state index in [-0.39, 0.29) is 24.2 Å². The Morgan fingerprint density at radius 3 is 2.70 bits per heavy atom. The van der Waals surface area contributed by atoms with Crippen molar-refractivity contribution in [2.45, 2.75) is 25.7 Å². The highest BCUT2D eigenvalue weighted by atomic mass is 35.5. The molecule has 0 bridgehead atoms. The van der Waals surface area contributed by atoms with Crippen LogP contribution < -0.4 is 5.32 Å². The van der Waals surface area contributed by atoms with E-state index >= 15 is 0 Å². The highest BCUT2D eigenvalue weighted by Crippen LogP contribution is 2.27. The first-order valence-electron chi connectivity index (χ1n) is 8.11. The largest absolute Gasteiger partial charge is 0.460 e. The lowest BCUT2D eigenvalue weighted by Crippen LogP contribution is -2.42. The molecule has 2 heterocycles. The summed E-state index contributed by atoms with van der Waals surface area (Å²) in [5.41, 5.74) is 0.852. The molecule has 1 aromatic carbocycles. The lowest BCUT2D eigenvalue weighted by atomic mass is 9.95. The number of hydrogen-bond donors (Lipinski definition) is 1. The fourth-order valence-electron chi connectivity index (χ4n) is 3.26. The minimum absolute atomic E-state index is 0. The first-order chi connectivity index (χ1) is 10.7. The van der Waals surface area contributed by atoms with E-state index in [2.05, 4.69) is 5.32 Å². The number of likely N-dealkylation sites (tertiary alicyclic amines) is 1. The summed E-state index contributed by atoms with van der Waals surface area (Å²) in [4.78, 5) is 14.7. The Bertz CT molecular complexity index is 614. The van der Waals surface area contributed by atoms with E-state index in [1.807, 2.05) is 49.2 Å². The number of benzene rings is 1. The quantitative estimate of drug-likeness (QED) is 0.930. The number of carbonyl (C=O) groups excluding carboxylic acids is 1. The molecule has 23 heavy (non-hydrogen) atoms. The van der Waals surface area contributed by atoms with Gasteiger partial charge in [0.15, 0.2) is 0 Å². The average molecular weight is 337 g/mol. The van der Waals surface area contributed by atoms with Crippen LogP contribution in [0.5, 0.6) is 0 Å². The van der Waals surface area contributed by atoms with Crippen molar-refractivity contribution in [3.63, 3.8) is 0 Å². The van der Waals surface area contributed by atoms with Gasteiger partial charge in [0.1, 0.15) is 11.3 Å². The van der Waals surface area contributed by atoms with Gasteiger partial charge in [-0.1, -0.05) is 18.2 Å². The molecule has 0 spiro atoms. The summed E-state index contributed by atoms with van der Waals surface area (Å²) in [6.07, 6.45) is 2.17. The fourth-order valence-corrected chi connectivity index (χ4v) is 3.26. The molecule has 0 radical (unpaired) electrons.